The van der Waals surface area contributed by atoms with Gasteiger partial charge in [-0.05, 0) is 0 Å². The van der Waals surface area contributed by atoms with Crippen LogP contribution in [0, 0.1) is 0 Å². The number of aliphatic hydroxyl groups is 1. The van der Waals surface area contributed by atoms with Gasteiger partial charge in [-0.3, -0.25) is 9.89 Å². The lowest BCUT2D eigenvalue weighted by molar-refractivity contribution is 0.0838. The number of carbonyl (C=O) groups is 1. The molecule has 15 heavy (non-hydrogen) atoms. The Morgan fingerprint density at radius 3 is 3.07 bits per heavy atom. The van der Waals surface area contributed by atoms with Crippen molar-refractivity contribution in [3.63, 3.8) is 0 Å². The van der Waals surface area contributed by atoms with Crippen molar-refractivity contribution in [1.82, 2.24) is 15.5 Å². The monoisotopic (exact) mass is 214 g/mol. The van der Waals surface area contributed by atoms with Gasteiger partial charge < -0.3 is 20.9 Å². The van der Waals surface area contributed by atoms with Crippen LogP contribution in [0.4, 0.5) is 5.82 Å². The standard InChI is InChI=1S/C8H14N4O3/c9-7-6(5-11-12-7)8(14)10-1-3-15-4-2-13/h5,13H,1-4H2,(H,10,14)(H3,9,11,12). The Balaban J connectivity index is 2.22. The molecule has 0 radical (unpaired) electrons. The number of ether oxygens (including phenoxy) is 1. The number of amides is 1. The third kappa shape index (κ3) is 3.56. The van der Waals surface area contributed by atoms with E-state index in [9.17, 15) is 4.79 Å². The minimum atomic E-state index is -0.297. The van der Waals surface area contributed by atoms with E-state index in [1.165, 1.54) is 6.20 Å². The topological polar surface area (TPSA) is 113 Å². The predicted octanol–water partition coefficient (Wildman–Crippen LogP) is -1.27. The minimum Gasteiger partial charge on any atom is -0.394 e. The molecule has 0 aromatic carbocycles. The molecule has 0 bridgehead atoms. The van der Waals surface area contributed by atoms with Gasteiger partial charge in [-0.1, -0.05) is 0 Å². The molecule has 0 aliphatic heterocycles. The predicted molar refractivity (Wildman–Crippen MR) is 53.2 cm³/mol. The zero-order valence-corrected chi connectivity index (χ0v) is 8.19. The van der Waals surface area contributed by atoms with Crippen LogP contribution in [0.25, 0.3) is 0 Å². The summed E-state index contributed by atoms with van der Waals surface area (Å²) in [4.78, 5) is 11.4. The lowest BCUT2D eigenvalue weighted by Crippen LogP contribution is -2.27. The van der Waals surface area contributed by atoms with Gasteiger partial charge in [0.25, 0.3) is 5.91 Å². The summed E-state index contributed by atoms with van der Waals surface area (Å²) in [6.45, 7) is 0.958. The molecule has 7 heteroatoms. The molecule has 0 unspecified atom stereocenters. The van der Waals surface area contributed by atoms with Gasteiger partial charge in [0.1, 0.15) is 11.4 Å². The van der Waals surface area contributed by atoms with Gasteiger partial charge in [0.05, 0.1) is 26.0 Å². The Bertz CT molecular complexity index is 313. The van der Waals surface area contributed by atoms with Crippen LogP contribution in [0.2, 0.25) is 0 Å². The maximum atomic E-state index is 11.4. The molecule has 84 valence electrons. The molecule has 0 atom stereocenters. The zero-order chi connectivity index (χ0) is 11.1. The number of carbonyl (C=O) groups excluding carboxylic acids is 1. The molecule has 0 aliphatic rings. The molecule has 0 saturated carbocycles. The van der Waals surface area contributed by atoms with E-state index in [0.29, 0.717) is 18.7 Å². The highest BCUT2D eigenvalue weighted by atomic mass is 16.5. The van der Waals surface area contributed by atoms with Crippen LogP contribution in [0.1, 0.15) is 10.4 Å². The van der Waals surface area contributed by atoms with Gasteiger partial charge in [-0.2, -0.15) is 5.10 Å². The summed E-state index contributed by atoms with van der Waals surface area (Å²) >= 11 is 0. The van der Waals surface area contributed by atoms with Crippen LogP contribution in [0.5, 0.6) is 0 Å². The molecule has 1 rings (SSSR count). The molecule has 1 amide bonds. The molecule has 7 nitrogen and oxygen atoms in total. The maximum absolute atomic E-state index is 11.4. The van der Waals surface area contributed by atoms with E-state index in [4.69, 9.17) is 15.6 Å². The number of nitrogens with two attached hydrogens (primary N) is 1. The van der Waals surface area contributed by atoms with Crippen molar-refractivity contribution in [1.29, 1.82) is 0 Å². The second kappa shape index (κ2) is 5.99. The first-order valence-electron chi connectivity index (χ1n) is 4.51. The van der Waals surface area contributed by atoms with E-state index in [2.05, 4.69) is 15.5 Å². The number of anilines is 1. The summed E-state index contributed by atoms with van der Waals surface area (Å²) < 4.78 is 4.96. The van der Waals surface area contributed by atoms with Crippen molar-refractivity contribution < 1.29 is 14.6 Å². The molecule has 0 fully saturated rings. The van der Waals surface area contributed by atoms with Gasteiger partial charge >= 0.3 is 0 Å². The first-order chi connectivity index (χ1) is 7.25. The number of aromatic nitrogens is 2. The number of nitrogens with zero attached hydrogens (tertiary/aromatic N) is 1. The lowest BCUT2D eigenvalue weighted by atomic mass is 10.3. The Morgan fingerprint density at radius 1 is 1.67 bits per heavy atom. The largest absolute Gasteiger partial charge is 0.394 e. The van der Waals surface area contributed by atoms with Crippen LogP contribution >= 0.6 is 0 Å². The van der Waals surface area contributed by atoms with Gasteiger partial charge in [0, 0.05) is 6.54 Å². The number of hydrogen-bond acceptors (Lipinski definition) is 5. The summed E-state index contributed by atoms with van der Waals surface area (Å²) in [5.41, 5.74) is 5.77. The third-order valence-corrected chi connectivity index (χ3v) is 1.68. The van der Waals surface area contributed by atoms with Crippen LogP contribution in [0.3, 0.4) is 0 Å². The number of H-pyrrole nitrogens is 1. The van der Waals surface area contributed by atoms with Gasteiger partial charge in [-0.25, -0.2) is 0 Å². The van der Waals surface area contributed by atoms with Crippen molar-refractivity contribution >= 4 is 11.7 Å². The molecule has 0 saturated heterocycles. The van der Waals surface area contributed by atoms with E-state index in [-0.39, 0.29) is 24.9 Å². The van der Waals surface area contributed by atoms with Crippen LogP contribution in [-0.2, 0) is 4.74 Å². The first kappa shape index (κ1) is 11.5. The summed E-state index contributed by atoms with van der Waals surface area (Å²) in [5, 5.41) is 17.1. The molecule has 0 aliphatic carbocycles. The first-order valence-corrected chi connectivity index (χ1v) is 4.51. The normalized spacial score (nSPS) is 10.2. The highest BCUT2D eigenvalue weighted by molar-refractivity contribution is 5.97. The summed E-state index contributed by atoms with van der Waals surface area (Å²) in [7, 11) is 0. The van der Waals surface area contributed by atoms with Gasteiger partial charge in [0.15, 0.2) is 0 Å². The Kier molecular flexibility index (Phi) is 4.58. The van der Waals surface area contributed by atoms with Crippen molar-refractivity contribution in [2.24, 2.45) is 0 Å². The van der Waals surface area contributed by atoms with E-state index < -0.39 is 0 Å². The SMILES string of the molecule is Nc1[nH]ncc1C(=O)NCCOCCO. The van der Waals surface area contributed by atoms with Crippen molar-refractivity contribution in [3.05, 3.63) is 11.8 Å². The van der Waals surface area contributed by atoms with Crippen LogP contribution < -0.4 is 11.1 Å². The molecular weight excluding hydrogens is 200 g/mol. The van der Waals surface area contributed by atoms with Crippen molar-refractivity contribution in [3.8, 4) is 0 Å². The average molecular weight is 214 g/mol. The number of aliphatic hydroxyl groups excluding tert-OH is 1. The third-order valence-electron chi connectivity index (χ3n) is 1.68. The van der Waals surface area contributed by atoms with Crippen molar-refractivity contribution in [2.45, 2.75) is 0 Å². The smallest absolute Gasteiger partial charge is 0.256 e. The number of rotatable bonds is 6. The van der Waals surface area contributed by atoms with Crippen molar-refractivity contribution in [2.75, 3.05) is 32.1 Å². The zero-order valence-electron chi connectivity index (χ0n) is 8.19. The van der Waals surface area contributed by atoms with E-state index in [0.717, 1.165) is 0 Å². The molecular formula is C8H14N4O3. The number of nitrogen functional groups attached to an aromatic ring is 1. The summed E-state index contributed by atoms with van der Waals surface area (Å²) in [5.74, 6) is -0.0578. The Hall–Kier alpha value is -1.60. The van der Waals surface area contributed by atoms with Crippen LogP contribution in [-0.4, -0.2) is 47.6 Å². The minimum absolute atomic E-state index is 0.0252. The average Bonchev–Trinajstić information content (AvgIpc) is 2.64. The maximum Gasteiger partial charge on any atom is 0.256 e. The number of nitrogens with one attached hydrogen (secondary N) is 2. The fraction of sp³-hybridized carbons (Fsp3) is 0.500. The van der Waals surface area contributed by atoms with Gasteiger partial charge in [-0.15, -0.1) is 0 Å². The molecule has 0 spiro atoms. The van der Waals surface area contributed by atoms with E-state index in [1.54, 1.807) is 0 Å². The second-order valence-corrected chi connectivity index (χ2v) is 2.79. The summed E-state index contributed by atoms with van der Waals surface area (Å²) in [6.07, 6.45) is 1.36. The number of hydrogen-bond donors (Lipinski definition) is 4. The Morgan fingerprint density at radius 2 is 2.47 bits per heavy atom. The van der Waals surface area contributed by atoms with E-state index >= 15 is 0 Å². The van der Waals surface area contributed by atoms with Crippen LogP contribution in [0.15, 0.2) is 6.20 Å². The highest BCUT2D eigenvalue weighted by Gasteiger charge is 2.10. The second-order valence-electron chi connectivity index (χ2n) is 2.79. The quantitative estimate of drug-likeness (QED) is 0.441. The summed E-state index contributed by atoms with van der Waals surface area (Å²) in [6, 6.07) is 0. The highest BCUT2D eigenvalue weighted by Crippen LogP contribution is 2.04. The fourth-order valence-electron chi connectivity index (χ4n) is 0.976. The molecule has 1 aromatic rings. The fourth-order valence-corrected chi connectivity index (χ4v) is 0.976. The molecule has 1 aromatic heterocycles. The lowest BCUT2D eigenvalue weighted by Gasteiger charge is -2.04. The molecule has 1 heterocycles. The molecule has 5 N–H and O–H groups in total. The van der Waals surface area contributed by atoms with E-state index in [1.807, 2.05) is 0 Å². The Labute approximate surface area is 86.6 Å². The van der Waals surface area contributed by atoms with Gasteiger partial charge in [0.2, 0.25) is 0 Å². The number of aromatic amines is 1.